The summed E-state index contributed by atoms with van der Waals surface area (Å²) in [6, 6.07) is 8.92. The lowest BCUT2D eigenvalue weighted by Gasteiger charge is -2.36. The Morgan fingerprint density at radius 2 is 1.94 bits per heavy atom. The van der Waals surface area contributed by atoms with Gasteiger partial charge in [0.2, 0.25) is 0 Å². The predicted molar refractivity (Wildman–Crippen MR) is 72.5 cm³/mol. The Morgan fingerprint density at radius 3 is 2.56 bits per heavy atom. The smallest absolute Gasteiger partial charge is 0.312 e. The zero-order valence-electron chi connectivity index (χ0n) is 10.8. The number of rotatable bonds is 5. The highest BCUT2D eigenvalue weighted by atomic mass is 16.2. The molecule has 1 aromatic carbocycles. The lowest BCUT2D eigenvalue weighted by molar-refractivity contribution is 0.247. The Labute approximate surface area is 108 Å². The number of hydrogen-bond donors (Lipinski definition) is 3. The van der Waals surface area contributed by atoms with Crippen molar-refractivity contribution in [2.24, 2.45) is 5.73 Å². The molecule has 0 saturated heterocycles. The van der Waals surface area contributed by atoms with Gasteiger partial charge in [-0.05, 0) is 31.2 Å². The van der Waals surface area contributed by atoms with Crippen molar-refractivity contribution in [3.8, 4) is 0 Å². The molecule has 1 aromatic rings. The number of nitrogens with one attached hydrogen (secondary N) is 2. The first-order valence-corrected chi connectivity index (χ1v) is 6.48. The van der Waals surface area contributed by atoms with Crippen LogP contribution in [0.1, 0.15) is 29.9 Å². The van der Waals surface area contributed by atoms with E-state index >= 15 is 0 Å². The Bertz CT molecular complexity index is 396. The van der Waals surface area contributed by atoms with E-state index in [-0.39, 0.29) is 0 Å². The molecule has 1 aliphatic rings. The second-order valence-corrected chi connectivity index (χ2v) is 5.02. The third-order valence-corrected chi connectivity index (χ3v) is 3.54. The number of benzene rings is 1. The maximum atomic E-state index is 10.5. The van der Waals surface area contributed by atoms with Crippen LogP contribution in [0, 0.1) is 6.92 Å². The molecule has 0 aliphatic heterocycles. The largest absolute Gasteiger partial charge is 0.352 e. The van der Waals surface area contributed by atoms with E-state index in [1.807, 2.05) is 0 Å². The molecule has 0 atom stereocenters. The van der Waals surface area contributed by atoms with Crippen molar-refractivity contribution in [1.29, 1.82) is 0 Å². The molecule has 4 heteroatoms. The zero-order valence-corrected chi connectivity index (χ0v) is 10.8. The Hall–Kier alpha value is -1.55. The van der Waals surface area contributed by atoms with Crippen molar-refractivity contribution in [3.05, 3.63) is 35.4 Å². The number of hydrogen-bond acceptors (Lipinski definition) is 2. The van der Waals surface area contributed by atoms with E-state index in [1.165, 1.54) is 24.0 Å². The molecule has 0 spiro atoms. The van der Waals surface area contributed by atoms with Gasteiger partial charge in [-0.2, -0.15) is 0 Å². The summed E-state index contributed by atoms with van der Waals surface area (Å²) in [5, 5.41) is 5.99. The average Bonchev–Trinajstić information content (AvgIpc) is 2.28. The molecule has 2 rings (SSSR count). The van der Waals surface area contributed by atoms with Crippen LogP contribution >= 0.6 is 0 Å². The van der Waals surface area contributed by atoms with E-state index in [2.05, 4.69) is 41.8 Å². The molecule has 0 radical (unpaired) electrons. The number of aryl methyl sites for hydroxylation is 1. The molecule has 98 valence electrons. The first kappa shape index (κ1) is 12.9. The predicted octanol–water partition coefficient (Wildman–Crippen LogP) is 1.50. The summed E-state index contributed by atoms with van der Waals surface area (Å²) in [6.45, 7) is 3.50. The van der Waals surface area contributed by atoms with E-state index in [0.29, 0.717) is 18.5 Å². The molecule has 2 amide bonds. The van der Waals surface area contributed by atoms with E-state index in [0.717, 1.165) is 6.54 Å². The lowest BCUT2D eigenvalue weighted by Crippen LogP contribution is -2.44. The summed E-state index contributed by atoms with van der Waals surface area (Å²) < 4.78 is 0. The highest BCUT2D eigenvalue weighted by Crippen LogP contribution is 2.36. The second kappa shape index (κ2) is 5.87. The van der Waals surface area contributed by atoms with Crippen LogP contribution in [0.4, 0.5) is 4.79 Å². The maximum Gasteiger partial charge on any atom is 0.312 e. The van der Waals surface area contributed by atoms with Gasteiger partial charge in [-0.15, -0.1) is 0 Å². The summed E-state index contributed by atoms with van der Waals surface area (Å²) in [5.41, 5.74) is 7.74. The van der Waals surface area contributed by atoms with Gasteiger partial charge in [0.05, 0.1) is 0 Å². The average molecular weight is 247 g/mol. The minimum Gasteiger partial charge on any atom is -0.352 e. The van der Waals surface area contributed by atoms with Crippen LogP contribution in [0.5, 0.6) is 0 Å². The van der Waals surface area contributed by atoms with Crippen LogP contribution in [-0.4, -0.2) is 25.2 Å². The number of carbonyl (C=O) groups excluding carboxylic acids is 1. The molecule has 4 nitrogen and oxygen atoms in total. The van der Waals surface area contributed by atoms with Gasteiger partial charge in [-0.25, -0.2) is 4.79 Å². The molecule has 0 heterocycles. The third kappa shape index (κ3) is 3.47. The fraction of sp³-hybridized carbons (Fsp3) is 0.500. The van der Waals surface area contributed by atoms with Crippen LogP contribution in [0.25, 0.3) is 0 Å². The SMILES string of the molecule is Cc1ccc(C2CC(NCCNC(N)=O)C2)cc1. The van der Waals surface area contributed by atoms with Crippen molar-refractivity contribution in [2.45, 2.75) is 31.7 Å². The van der Waals surface area contributed by atoms with Gasteiger partial charge in [0, 0.05) is 19.1 Å². The minimum absolute atomic E-state index is 0.456. The highest BCUT2D eigenvalue weighted by molar-refractivity contribution is 5.71. The summed E-state index contributed by atoms with van der Waals surface area (Å²) in [5.74, 6) is 0.687. The zero-order chi connectivity index (χ0) is 13.0. The Balaban J connectivity index is 1.64. The van der Waals surface area contributed by atoms with Gasteiger partial charge in [-0.1, -0.05) is 29.8 Å². The summed E-state index contributed by atoms with van der Waals surface area (Å²) in [6.07, 6.45) is 2.36. The van der Waals surface area contributed by atoms with Gasteiger partial charge in [-0.3, -0.25) is 0 Å². The van der Waals surface area contributed by atoms with Gasteiger partial charge >= 0.3 is 6.03 Å². The highest BCUT2D eigenvalue weighted by Gasteiger charge is 2.29. The standard InChI is InChI=1S/C14H21N3O/c1-10-2-4-11(5-3-10)12-8-13(9-12)16-6-7-17-14(15)18/h2-5,12-13,16H,6-9H2,1H3,(H3,15,17,18). The molecule has 18 heavy (non-hydrogen) atoms. The van der Waals surface area contributed by atoms with Crippen LogP contribution in [-0.2, 0) is 0 Å². The number of amides is 2. The third-order valence-electron chi connectivity index (χ3n) is 3.54. The fourth-order valence-electron chi connectivity index (χ4n) is 2.36. The fourth-order valence-corrected chi connectivity index (χ4v) is 2.36. The summed E-state index contributed by atoms with van der Waals surface area (Å²) in [4.78, 5) is 10.5. The van der Waals surface area contributed by atoms with Crippen molar-refractivity contribution in [2.75, 3.05) is 13.1 Å². The molecule has 1 fully saturated rings. The summed E-state index contributed by atoms with van der Waals surface area (Å²) >= 11 is 0. The van der Waals surface area contributed by atoms with E-state index in [1.54, 1.807) is 0 Å². The van der Waals surface area contributed by atoms with Crippen molar-refractivity contribution in [1.82, 2.24) is 10.6 Å². The summed E-state index contributed by atoms with van der Waals surface area (Å²) in [7, 11) is 0. The number of urea groups is 1. The van der Waals surface area contributed by atoms with Gasteiger partial charge in [0.1, 0.15) is 0 Å². The van der Waals surface area contributed by atoms with Crippen molar-refractivity contribution in [3.63, 3.8) is 0 Å². The van der Waals surface area contributed by atoms with E-state index in [9.17, 15) is 4.79 Å². The van der Waals surface area contributed by atoms with Crippen molar-refractivity contribution < 1.29 is 4.79 Å². The molecular formula is C14H21N3O. The number of carbonyl (C=O) groups is 1. The normalized spacial score (nSPS) is 22.3. The Morgan fingerprint density at radius 1 is 1.28 bits per heavy atom. The van der Waals surface area contributed by atoms with Crippen LogP contribution < -0.4 is 16.4 Å². The first-order valence-electron chi connectivity index (χ1n) is 6.48. The van der Waals surface area contributed by atoms with Crippen molar-refractivity contribution >= 4 is 6.03 Å². The second-order valence-electron chi connectivity index (χ2n) is 5.02. The van der Waals surface area contributed by atoms with E-state index in [4.69, 9.17) is 5.73 Å². The lowest BCUT2D eigenvalue weighted by atomic mass is 9.76. The van der Waals surface area contributed by atoms with Gasteiger partial charge in [0.25, 0.3) is 0 Å². The molecule has 0 unspecified atom stereocenters. The number of nitrogens with two attached hydrogens (primary N) is 1. The molecule has 1 aliphatic carbocycles. The van der Waals surface area contributed by atoms with Crippen LogP contribution in [0.2, 0.25) is 0 Å². The molecule has 0 bridgehead atoms. The molecule has 1 saturated carbocycles. The molecular weight excluding hydrogens is 226 g/mol. The maximum absolute atomic E-state index is 10.5. The van der Waals surface area contributed by atoms with Gasteiger partial charge in [0.15, 0.2) is 0 Å². The topological polar surface area (TPSA) is 67.2 Å². The minimum atomic E-state index is -0.456. The molecule has 0 aromatic heterocycles. The van der Waals surface area contributed by atoms with Crippen LogP contribution in [0.3, 0.4) is 0 Å². The van der Waals surface area contributed by atoms with E-state index < -0.39 is 6.03 Å². The quantitative estimate of drug-likeness (QED) is 0.690. The molecule has 4 N–H and O–H groups in total. The first-order chi connectivity index (χ1) is 8.65. The van der Waals surface area contributed by atoms with Gasteiger partial charge < -0.3 is 16.4 Å². The Kier molecular flexibility index (Phi) is 4.20. The monoisotopic (exact) mass is 247 g/mol. The number of primary amides is 1. The van der Waals surface area contributed by atoms with Crippen LogP contribution in [0.15, 0.2) is 24.3 Å².